The molecule has 1 atom stereocenters. The number of benzene rings is 1. The monoisotopic (exact) mass is 292 g/mol. The molecule has 1 saturated carbocycles. The maximum absolute atomic E-state index is 12.5. The number of hydrogen-bond donors (Lipinski definition) is 1. The lowest BCUT2D eigenvalue weighted by atomic mass is 9.85. The highest BCUT2D eigenvalue weighted by molar-refractivity contribution is 5.70. The predicted molar refractivity (Wildman–Crippen MR) is 88.7 cm³/mol. The van der Waals surface area contributed by atoms with Crippen LogP contribution in [0.2, 0.25) is 0 Å². The largest absolute Gasteiger partial charge is 0.377 e. The zero-order chi connectivity index (χ0) is 15.1. The first-order valence-corrected chi connectivity index (χ1v) is 8.00. The average molecular weight is 292 g/mol. The first-order chi connectivity index (χ1) is 10.8. The summed E-state index contributed by atoms with van der Waals surface area (Å²) in [4.78, 5) is 12.5. The molecule has 2 aromatic rings. The molecule has 1 aromatic heterocycles. The molecule has 1 aliphatic carbocycles. The van der Waals surface area contributed by atoms with Gasteiger partial charge in [-0.1, -0.05) is 30.7 Å². The van der Waals surface area contributed by atoms with Gasteiger partial charge in [0.15, 0.2) is 0 Å². The highest BCUT2D eigenvalue weighted by Gasteiger charge is 2.25. The zero-order valence-electron chi connectivity index (χ0n) is 12.8. The summed E-state index contributed by atoms with van der Waals surface area (Å²) in [5.41, 5.74) is 3.33. The van der Waals surface area contributed by atoms with E-state index in [1.165, 1.54) is 28.9 Å². The Kier molecular flexibility index (Phi) is 3.14. The second-order valence-corrected chi connectivity index (χ2v) is 6.23. The van der Waals surface area contributed by atoms with Gasteiger partial charge in [-0.2, -0.15) is 0 Å². The SMILES string of the molecule is Cn1cccc(C2=c3ccccc3=C3CCCCC3N2)c1=O. The first-order valence-electron chi connectivity index (χ1n) is 8.00. The summed E-state index contributed by atoms with van der Waals surface area (Å²) in [6.07, 6.45) is 6.64. The first kappa shape index (κ1) is 13.4. The molecule has 1 unspecified atom stereocenters. The van der Waals surface area contributed by atoms with Crippen molar-refractivity contribution in [1.82, 2.24) is 9.88 Å². The molecule has 4 rings (SSSR count). The van der Waals surface area contributed by atoms with Crippen molar-refractivity contribution in [3.05, 3.63) is 68.9 Å². The number of aryl methyl sites for hydroxylation is 1. The van der Waals surface area contributed by atoms with Crippen molar-refractivity contribution in [2.75, 3.05) is 0 Å². The van der Waals surface area contributed by atoms with Gasteiger partial charge in [-0.05, 0) is 42.2 Å². The Morgan fingerprint density at radius 2 is 1.91 bits per heavy atom. The fourth-order valence-corrected chi connectivity index (χ4v) is 3.74. The molecule has 1 fully saturated rings. The second-order valence-electron chi connectivity index (χ2n) is 6.23. The van der Waals surface area contributed by atoms with E-state index in [-0.39, 0.29) is 5.56 Å². The van der Waals surface area contributed by atoms with Crippen LogP contribution in [0.25, 0.3) is 11.3 Å². The quantitative estimate of drug-likeness (QED) is 0.858. The number of nitrogens with one attached hydrogen (secondary N) is 1. The molecule has 3 heteroatoms. The zero-order valence-corrected chi connectivity index (χ0v) is 12.8. The Labute approximate surface area is 129 Å². The normalized spacial score (nSPS) is 20.1. The summed E-state index contributed by atoms with van der Waals surface area (Å²) < 4.78 is 1.65. The van der Waals surface area contributed by atoms with Crippen LogP contribution in [0.1, 0.15) is 31.2 Å². The highest BCUT2D eigenvalue weighted by Crippen LogP contribution is 2.26. The Hall–Kier alpha value is -2.29. The standard InChI is InChI=1S/C19H20N2O/c1-21-12-6-10-16(19(21)22)18-15-9-3-2-7-13(15)14-8-4-5-11-17(14)20-18/h2-3,6-7,9-10,12,17,20H,4-5,8,11H2,1H3. The average Bonchev–Trinajstić information content (AvgIpc) is 2.57. The van der Waals surface area contributed by atoms with Crippen LogP contribution in [0, 0.1) is 0 Å². The van der Waals surface area contributed by atoms with Crippen molar-refractivity contribution >= 4 is 11.3 Å². The van der Waals surface area contributed by atoms with Gasteiger partial charge in [0.1, 0.15) is 0 Å². The second kappa shape index (κ2) is 5.16. The van der Waals surface area contributed by atoms with Crippen molar-refractivity contribution in [3.63, 3.8) is 0 Å². The van der Waals surface area contributed by atoms with E-state index in [9.17, 15) is 4.79 Å². The van der Waals surface area contributed by atoms with E-state index in [0.29, 0.717) is 6.04 Å². The van der Waals surface area contributed by atoms with Crippen LogP contribution in [0.3, 0.4) is 0 Å². The van der Waals surface area contributed by atoms with Gasteiger partial charge in [0.05, 0.1) is 11.3 Å². The Balaban J connectivity index is 2.08. The van der Waals surface area contributed by atoms with Crippen molar-refractivity contribution in [1.29, 1.82) is 0 Å². The fraction of sp³-hybridized carbons (Fsp3) is 0.316. The van der Waals surface area contributed by atoms with Crippen molar-refractivity contribution in [3.8, 4) is 0 Å². The molecule has 2 aliphatic rings. The molecule has 1 aromatic carbocycles. The molecule has 2 heterocycles. The van der Waals surface area contributed by atoms with Gasteiger partial charge >= 0.3 is 0 Å². The van der Waals surface area contributed by atoms with Gasteiger partial charge in [0.2, 0.25) is 0 Å². The van der Waals surface area contributed by atoms with Gasteiger partial charge in [0, 0.05) is 24.5 Å². The smallest absolute Gasteiger partial charge is 0.259 e. The third-order valence-corrected chi connectivity index (χ3v) is 4.86. The van der Waals surface area contributed by atoms with Crippen LogP contribution >= 0.6 is 0 Å². The van der Waals surface area contributed by atoms with Gasteiger partial charge in [-0.15, -0.1) is 0 Å². The maximum Gasteiger partial charge on any atom is 0.259 e. The lowest BCUT2D eigenvalue weighted by molar-refractivity contribution is 0.539. The van der Waals surface area contributed by atoms with Crippen LogP contribution in [-0.2, 0) is 7.05 Å². The minimum Gasteiger partial charge on any atom is -0.377 e. The predicted octanol–water partition coefficient (Wildman–Crippen LogP) is 1.24. The molecule has 1 aliphatic heterocycles. The summed E-state index contributed by atoms with van der Waals surface area (Å²) in [7, 11) is 1.80. The number of rotatable bonds is 1. The lowest BCUT2D eigenvalue weighted by Crippen LogP contribution is -2.48. The van der Waals surface area contributed by atoms with Crippen LogP contribution in [0.4, 0.5) is 0 Å². The topological polar surface area (TPSA) is 34.0 Å². The van der Waals surface area contributed by atoms with Crippen LogP contribution in [0.5, 0.6) is 0 Å². The molecule has 0 saturated heterocycles. The van der Waals surface area contributed by atoms with Gasteiger partial charge in [-0.3, -0.25) is 4.79 Å². The molecule has 0 bridgehead atoms. The number of fused-ring (bicyclic) bond motifs is 2. The maximum atomic E-state index is 12.5. The van der Waals surface area contributed by atoms with E-state index in [0.717, 1.165) is 24.1 Å². The van der Waals surface area contributed by atoms with E-state index in [1.54, 1.807) is 17.8 Å². The Morgan fingerprint density at radius 1 is 1.09 bits per heavy atom. The fourth-order valence-electron chi connectivity index (χ4n) is 3.74. The van der Waals surface area contributed by atoms with E-state index >= 15 is 0 Å². The van der Waals surface area contributed by atoms with Crippen molar-refractivity contribution in [2.45, 2.75) is 31.7 Å². The van der Waals surface area contributed by atoms with Gasteiger partial charge in [-0.25, -0.2) is 0 Å². The molecule has 112 valence electrons. The number of nitrogens with zero attached hydrogens (tertiary/aromatic N) is 1. The molecule has 1 N–H and O–H groups in total. The van der Waals surface area contributed by atoms with Crippen LogP contribution < -0.4 is 21.3 Å². The summed E-state index contributed by atoms with van der Waals surface area (Å²) in [5.74, 6) is 0. The van der Waals surface area contributed by atoms with E-state index in [2.05, 4.69) is 29.6 Å². The summed E-state index contributed by atoms with van der Waals surface area (Å²) in [6, 6.07) is 12.7. The van der Waals surface area contributed by atoms with Crippen LogP contribution in [-0.4, -0.2) is 10.6 Å². The van der Waals surface area contributed by atoms with Crippen molar-refractivity contribution < 1.29 is 0 Å². The molecule has 0 amide bonds. The minimum atomic E-state index is 0.0547. The van der Waals surface area contributed by atoms with Crippen LogP contribution in [0.15, 0.2) is 47.4 Å². The number of aromatic nitrogens is 1. The lowest BCUT2D eigenvalue weighted by Gasteiger charge is -2.32. The Bertz CT molecular complexity index is 908. The number of hydrogen-bond acceptors (Lipinski definition) is 2. The van der Waals surface area contributed by atoms with Gasteiger partial charge in [0.25, 0.3) is 5.56 Å². The van der Waals surface area contributed by atoms with Crippen molar-refractivity contribution in [2.24, 2.45) is 7.05 Å². The number of pyridine rings is 1. The molecular formula is C19H20N2O. The molecule has 22 heavy (non-hydrogen) atoms. The summed E-state index contributed by atoms with van der Waals surface area (Å²) in [6.45, 7) is 0. The van der Waals surface area contributed by atoms with Gasteiger partial charge < -0.3 is 9.88 Å². The molecule has 3 nitrogen and oxygen atoms in total. The van der Waals surface area contributed by atoms with E-state index in [4.69, 9.17) is 0 Å². The van der Waals surface area contributed by atoms with E-state index < -0.39 is 0 Å². The van der Waals surface area contributed by atoms with E-state index in [1.807, 2.05) is 12.1 Å². The minimum absolute atomic E-state index is 0.0547. The third kappa shape index (κ3) is 2.00. The molecular weight excluding hydrogens is 272 g/mol. The highest BCUT2D eigenvalue weighted by atomic mass is 16.1. The third-order valence-electron chi connectivity index (χ3n) is 4.86. The molecule has 0 spiro atoms. The summed E-state index contributed by atoms with van der Waals surface area (Å²) >= 11 is 0. The summed E-state index contributed by atoms with van der Waals surface area (Å²) in [5, 5.41) is 6.15. The Morgan fingerprint density at radius 3 is 2.77 bits per heavy atom. The molecule has 0 radical (unpaired) electrons.